The molecule has 0 unspecified atom stereocenters. The number of aryl methyl sites for hydroxylation is 1. The van der Waals surface area contributed by atoms with E-state index >= 15 is 0 Å². The topological polar surface area (TPSA) is 49.4 Å². The number of nitrogens with zero attached hydrogens (tertiary/aromatic N) is 1. The minimum atomic E-state index is -3.33. The Morgan fingerprint density at radius 1 is 1.38 bits per heavy atom. The molecular formula is C15H26N2O2S2. The number of sulfonamides is 1. The Morgan fingerprint density at radius 3 is 2.67 bits per heavy atom. The van der Waals surface area contributed by atoms with Gasteiger partial charge in [0.1, 0.15) is 0 Å². The second-order valence-electron chi connectivity index (χ2n) is 5.71. The van der Waals surface area contributed by atoms with Crippen LogP contribution in [0.25, 0.3) is 0 Å². The molecule has 21 heavy (non-hydrogen) atoms. The van der Waals surface area contributed by atoms with Gasteiger partial charge in [0.15, 0.2) is 0 Å². The van der Waals surface area contributed by atoms with Gasteiger partial charge in [0.05, 0.1) is 4.90 Å². The standard InChI is InChI=1S/C15H26N2O2S2/c1-4-8-16-10-14-9-15(12(3)20-14)21(18,19)17(5-2)11-13-6-7-13/h9,13,16H,4-8,10-11H2,1-3H3. The molecule has 0 atom stereocenters. The number of nitrogens with one attached hydrogen (secondary N) is 1. The first-order chi connectivity index (χ1) is 9.98. The predicted octanol–water partition coefficient (Wildman–Crippen LogP) is 2.98. The average molecular weight is 331 g/mol. The summed E-state index contributed by atoms with van der Waals surface area (Å²) in [5.74, 6) is 0.573. The van der Waals surface area contributed by atoms with Crippen LogP contribution in [0.5, 0.6) is 0 Å². The maximum absolute atomic E-state index is 12.8. The van der Waals surface area contributed by atoms with E-state index in [1.165, 1.54) is 12.8 Å². The van der Waals surface area contributed by atoms with Crippen molar-refractivity contribution in [3.8, 4) is 0 Å². The third-order valence-corrected chi connectivity index (χ3v) is 7.03. The molecule has 2 rings (SSSR count). The molecule has 1 aromatic heterocycles. The van der Waals surface area contributed by atoms with Crippen LogP contribution in [-0.4, -0.2) is 32.4 Å². The number of rotatable bonds is 9. The van der Waals surface area contributed by atoms with E-state index in [1.54, 1.807) is 15.6 Å². The van der Waals surface area contributed by atoms with Gasteiger partial charge in [-0.3, -0.25) is 0 Å². The Bertz CT molecular complexity index is 562. The summed E-state index contributed by atoms with van der Waals surface area (Å²) in [7, 11) is -3.33. The zero-order valence-corrected chi connectivity index (χ0v) is 14.8. The Balaban J connectivity index is 2.14. The van der Waals surface area contributed by atoms with Crippen LogP contribution in [0.1, 0.15) is 42.9 Å². The van der Waals surface area contributed by atoms with Crippen LogP contribution in [0.15, 0.2) is 11.0 Å². The lowest BCUT2D eigenvalue weighted by molar-refractivity contribution is 0.412. The van der Waals surface area contributed by atoms with Gasteiger partial charge in [0.25, 0.3) is 0 Å². The van der Waals surface area contributed by atoms with Crippen molar-refractivity contribution in [2.75, 3.05) is 19.6 Å². The minimum Gasteiger partial charge on any atom is -0.312 e. The third kappa shape index (κ3) is 4.28. The molecule has 0 bridgehead atoms. The second-order valence-corrected chi connectivity index (χ2v) is 8.96. The van der Waals surface area contributed by atoms with Crippen LogP contribution in [0.4, 0.5) is 0 Å². The summed E-state index contributed by atoms with van der Waals surface area (Å²) in [6.45, 7) is 8.90. The molecular weight excluding hydrogens is 304 g/mol. The molecule has 0 radical (unpaired) electrons. The smallest absolute Gasteiger partial charge is 0.244 e. The van der Waals surface area contributed by atoms with Crippen molar-refractivity contribution in [2.24, 2.45) is 5.92 Å². The van der Waals surface area contributed by atoms with Gasteiger partial charge in [0, 0.05) is 29.4 Å². The van der Waals surface area contributed by atoms with Crippen LogP contribution >= 0.6 is 11.3 Å². The first-order valence-corrected chi connectivity index (χ1v) is 10.0. The lowest BCUT2D eigenvalue weighted by Crippen LogP contribution is -2.32. The van der Waals surface area contributed by atoms with Crippen molar-refractivity contribution >= 4 is 21.4 Å². The molecule has 1 heterocycles. The third-order valence-electron chi connectivity index (χ3n) is 3.78. The molecule has 0 spiro atoms. The van der Waals surface area contributed by atoms with E-state index < -0.39 is 10.0 Å². The second kappa shape index (κ2) is 7.22. The highest BCUT2D eigenvalue weighted by Crippen LogP contribution is 2.33. The molecule has 0 amide bonds. The van der Waals surface area contributed by atoms with Crippen LogP contribution < -0.4 is 5.32 Å². The Labute approximate surface area is 132 Å². The zero-order chi connectivity index (χ0) is 15.5. The van der Waals surface area contributed by atoms with Crippen molar-refractivity contribution < 1.29 is 8.42 Å². The predicted molar refractivity (Wildman–Crippen MR) is 88.2 cm³/mol. The minimum absolute atomic E-state index is 0.503. The largest absolute Gasteiger partial charge is 0.312 e. The number of hydrogen-bond donors (Lipinski definition) is 1. The van der Waals surface area contributed by atoms with Crippen LogP contribution in [-0.2, 0) is 16.6 Å². The number of hydrogen-bond acceptors (Lipinski definition) is 4. The summed E-state index contributed by atoms with van der Waals surface area (Å²) in [6.07, 6.45) is 3.42. The summed E-state index contributed by atoms with van der Waals surface area (Å²) in [4.78, 5) is 2.50. The lowest BCUT2D eigenvalue weighted by Gasteiger charge is -2.20. The zero-order valence-electron chi connectivity index (χ0n) is 13.2. The molecule has 0 aromatic carbocycles. The van der Waals surface area contributed by atoms with Crippen molar-refractivity contribution in [2.45, 2.75) is 51.5 Å². The molecule has 0 aliphatic heterocycles. The quantitative estimate of drug-likeness (QED) is 0.708. The summed E-state index contributed by atoms with van der Waals surface area (Å²) in [5.41, 5.74) is 0. The summed E-state index contributed by atoms with van der Waals surface area (Å²) >= 11 is 1.59. The maximum Gasteiger partial charge on any atom is 0.244 e. The molecule has 4 nitrogen and oxygen atoms in total. The number of thiophene rings is 1. The van der Waals surface area contributed by atoms with E-state index in [2.05, 4.69) is 12.2 Å². The SMILES string of the molecule is CCCNCc1cc(S(=O)(=O)N(CC)CC2CC2)c(C)s1. The van der Waals surface area contributed by atoms with Gasteiger partial charge in [-0.2, -0.15) is 4.31 Å². The van der Waals surface area contributed by atoms with Gasteiger partial charge in [-0.25, -0.2) is 8.42 Å². The van der Waals surface area contributed by atoms with Gasteiger partial charge in [-0.1, -0.05) is 13.8 Å². The normalized spacial score (nSPS) is 15.8. The molecule has 1 aliphatic rings. The van der Waals surface area contributed by atoms with Gasteiger partial charge in [-0.05, 0) is 44.7 Å². The molecule has 1 saturated carbocycles. The highest BCUT2D eigenvalue weighted by molar-refractivity contribution is 7.89. The highest BCUT2D eigenvalue weighted by Gasteiger charge is 2.32. The molecule has 1 N–H and O–H groups in total. The van der Waals surface area contributed by atoms with Gasteiger partial charge < -0.3 is 5.32 Å². The fraction of sp³-hybridized carbons (Fsp3) is 0.733. The monoisotopic (exact) mass is 330 g/mol. The van der Waals surface area contributed by atoms with Crippen LogP contribution in [0, 0.1) is 12.8 Å². The molecule has 1 aliphatic carbocycles. The Morgan fingerprint density at radius 2 is 2.10 bits per heavy atom. The molecule has 1 aromatic rings. The van der Waals surface area contributed by atoms with E-state index in [-0.39, 0.29) is 0 Å². The highest BCUT2D eigenvalue weighted by atomic mass is 32.2. The Hall–Kier alpha value is -0.430. The fourth-order valence-electron chi connectivity index (χ4n) is 2.38. The van der Waals surface area contributed by atoms with E-state index in [9.17, 15) is 8.42 Å². The van der Waals surface area contributed by atoms with E-state index in [1.807, 2.05) is 19.9 Å². The van der Waals surface area contributed by atoms with E-state index in [0.717, 1.165) is 29.3 Å². The van der Waals surface area contributed by atoms with Crippen molar-refractivity contribution in [3.63, 3.8) is 0 Å². The van der Waals surface area contributed by atoms with Gasteiger partial charge >= 0.3 is 0 Å². The van der Waals surface area contributed by atoms with Crippen molar-refractivity contribution in [3.05, 3.63) is 15.8 Å². The molecule has 120 valence electrons. The van der Waals surface area contributed by atoms with Crippen molar-refractivity contribution in [1.82, 2.24) is 9.62 Å². The summed E-state index contributed by atoms with van der Waals surface area (Å²) < 4.78 is 27.2. The average Bonchev–Trinajstić information content (AvgIpc) is 3.18. The Kier molecular flexibility index (Phi) is 5.82. The summed E-state index contributed by atoms with van der Waals surface area (Å²) in [5, 5.41) is 3.33. The van der Waals surface area contributed by atoms with Crippen LogP contribution in [0.2, 0.25) is 0 Å². The molecule has 6 heteroatoms. The van der Waals surface area contributed by atoms with E-state index in [0.29, 0.717) is 23.9 Å². The van der Waals surface area contributed by atoms with Crippen molar-refractivity contribution in [1.29, 1.82) is 0 Å². The first-order valence-electron chi connectivity index (χ1n) is 7.79. The van der Waals surface area contributed by atoms with Gasteiger partial charge in [-0.15, -0.1) is 11.3 Å². The first kappa shape index (κ1) is 16.9. The van der Waals surface area contributed by atoms with Crippen LogP contribution in [0.3, 0.4) is 0 Å². The fourth-order valence-corrected chi connectivity index (χ4v) is 5.48. The maximum atomic E-state index is 12.8. The molecule has 1 fully saturated rings. The van der Waals surface area contributed by atoms with Gasteiger partial charge in [0.2, 0.25) is 10.0 Å². The molecule has 0 saturated heterocycles. The summed E-state index contributed by atoms with van der Waals surface area (Å²) in [6, 6.07) is 1.85. The van der Waals surface area contributed by atoms with E-state index in [4.69, 9.17) is 0 Å². The lowest BCUT2D eigenvalue weighted by atomic mass is 10.4.